The number of ether oxygens (including phenoxy) is 1. The van der Waals surface area contributed by atoms with Crippen molar-refractivity contribution in [3.05, 3.63) is 53.1 Å². The van der Waals surface area contributed by atoms with E-state index in [1.165, 1.54) is 19.3 Å². The molecule has 1 N–H and O–H groups in total. The SMILES string of the molecule is Cc1cnc(C(=O)O[C@@H](C)C(=O)Nc2cccc(Cl)c2)cn1. The van der Waals surface area contributed by atoms with E-state index in [9.17, 15) is 9.59 Å². The summed E-state index contributed by atoms with van der Waals surface area (Å²) in [4.78, 5) is 31.7. The quantitative estimate of drug-likeness (QED) is 0.876. The minimum atomic E-state index is -0.977. The maximum atomic E-state index is 12.0. The number of esters is 1. The number of rotatable bonds is 4. The van der Waals surface area contributed by atoms with Gasteiger partial charge in [-0.25, -0.2) is 9.78 Å². The Labute approximate surface area is 132 Å². The van der Waals surface area contributed by atoms with Gasteiger partial charge >= 0.3 is 5.97 Å². The molecule has 0 saturated heterocycles. The largest absolute Gasteiger partial charge is 0.448 e. The van der Waals surface area contributed by atoms with Crippen LogP contribution in [0.5, 0.6) is 0 Å². The molecule has 1 aromatic heterocycles. The minimum absolute atomic E-state index is 0.0491. The first-order chi connectivity index (χ1) is 10.5. The lowest BCUT2D eigenvalue weighted by Crippen LogP contribution is -2.30. The van der Waals surface area contributed by atoms with E-state index in [-0.39, 0.29) is 5.69 Å². The number of aromatic nitrogens is 2. The van der Waals surface area contributed by atoms with E-state index in [0.717, 1.165) is 0 Å². The number of carbonyl (C=O) groups is 2. The van der Waals surface area contributed by atoms with E-state index in [1.807, 2.05) is 0 Å². The highest BCUT2D eigenvalue weighted by atomic mass is 35.5. The number of halogens is 1. The van der Waals surface area contributed by atoms with Crippen LogP contribution in [-0.2, 0) is 9.53 Å². The third-order valence-corrected chi connectivity index (χ3v) is 2.97. The molecule has 0 saturated carbocycles. The molecule has 1 heterocycles. The van der Waals surface area contributed by atoms with Gasteiger partial charge in [-0.3, -0.25) is 9.78 Å². The number of aryl methyl sites for hydroxylation is 1. The lowest BCUT2D eigenvalue weighted by Gasteiger charge is -2.13. The molecule has 1 atom stereocenters. The first-order valence-electron chi connectivity index (χ1n) is 6.52. The zero-order valence-electron chi connectivity index (χ0n) is 12.0. The van der Waals surface area contributed by atoms with Gasteiger partial charge < -0.3 is 10.1 Å². The van der Waals surface area contributed by atoms with E-state index in [2.05, 4.69) is 15.3 Å². The summed E-state index contributed by atoms with van der Waals surface area (Å²) in [6, 6.07) is 6.68. The zero-order valence-corrected chi connectivity index (χ0v) is 12.8. The molecule has 0 fully saturated rings. The van der Waals surface area contributed by atoms with Crippen LogP contribution in [0.1, 0.15) is 23.1 Å². The van der Waals surface area contributed by atoms with Gasteiger partial charge in [0.2, 0.25) is 0 Å². The van der Waals surface area contributed by atoms with Crippen LogP contribution in [0.25, 0.3) is 0 Å². The number of amides is 1. The highest BCUT2D eigenvalue weighted by Gasteiger charge is 2.20. The Morgan fingerprint density at radius 1 is 1.27 bits per heavy atom. The molecule has 114 valence electrons. The molecule has 22 heavy (non-hydrogen) atoms. The highest BCUT2D eigenvalue weighted by Crippen LogP contribution is 2.15. The second-order valence-electron chi connectivity index (χ2n) is 4.59. The van der Waals surface area contributed by atoms with Crippen molar-refractivity contribution in [1.29, 1.82) is 0 Å². The Bertz CT molecular complexity index is 689. The molecule has 6 nitrogen and oxygen atoms in total. The Hall–Kier alpha value is -2.47. The van der Waals surface area contributed by atoms with Gasteiger partial charge in [0.25, 0.3) is 5.91 Å². The maximum Gasteiger partial charge on any atom is 0.359 e. The third kappa shape index (κ3) is 4.26. The fraction of sp³-hybridized carbons (Fsp3) is 0.200. The number of nitrogens with one attached hydrogen (secondary N) is 1. The highest BCUT2D eigenvalue weighted by molar-refractivity contribution is 6.30. The Balaban J connectivity index is 1.96. The number of nitrogens with zero attached hydrogens (tertiary/aromatic N) is 2. The van der Waals surface area contributed by atoms with Gasteiger partial charge in [-0.2, -0.15) is 0 Å². The average Bonchev–Trinajstić information content (AvgIpc) is 2.47. The number of hydrogen-bond acceptors (Lipinski definition) is 5. The summed E-state index contributed by atoms with van der Waals surface area (Å²) in [6.07, 6.45) is 1.78. The number of anilines is 1. The molecule has 0 unspecified atom stereocenters. The maximum absolute atomic E-state index is 12.0. The molecule has 0 spiro atoms. The number of carbonyl (C=O) groups excluding carboxylic acids is 2. The van der Waals surface area contributed by atoms with Crippen molar-refractivity contribution in [1.82, 2.24) is 9.97 Å². The number of benzene rings is 1. The Morgan fingerprint density at radius 2 is 2.05 bits per heavy atom. The van der Waals surface area contributed by atoms with Gasteiger partial charge in [-0.15, -0.1) is 0 Å². The molecule has 2 aromatic rings. The predicted molar refractivity (Wildman–Crippen MR) is 81.7 cm³/mol. The van der Waals surface area contributed by atoms with Gasteiger partial charge in [-0.05, 0) is 32.0 Å². The first-order valence-corrected chi connectivity index (χ1v) is 6.89. The smallest absolute Gasteiger partial charge is 0.359 e. The summed E-state index contributed by atoms with van der Waals surface area (Å²) in [5.41, 5.74) is 1.26. The van der Waals surface area contributed by atoms with Crippen LogP contribution in [0.3, 0.4) is 0 Å². The van der Waals surface area contributed by atoms with Crippen molar-refractivity contribution in [3.8, 4) is 0 Å². The van der Waals surface area contributed by atoms with Crippen molar-refractivity contribution in [2.75, 3.05) is 5.32 Å². The Morgan fingerprint density at radius 3 is 2.68 bits per heavy atom. The topological polar surface area (TPSA) is 81.2 Å². The van der Waals surface area contributed by atoms with Gasteiger partial charge in [0.1, 0.15) is 0 Å². The molecule has 1 amide bonds. The molecule has 7 heteroatoms. The van der Waals surface area contributed by atoms with E-state index >= 15 is 0 Å². The van der Waals surface area contributed by atoms with Crippen molar-refractivity contribution in [2.45, 2.75) is 20.0 Å². The van der Waals surface area contributed by atoms with Crippen LogP contribution in [0.15, 0.2) is 36.7 Å². The summed E-state index contributed by atoms with van der Waals surface area (Å²) in [6.45, 7) is 3.22. The van der Waals surface area contributed by atoms with Gasteiger partial charge in [0.15, 0.2) is 11.8 Å². The lowest BCUT2D eigenvalue weighted by atomic mass is 10.3. The molecular weight excluding hydrogens is 306 g/mol. The minimum Gasteiger partial charge on any atom is -0.448 e. The first kappa shape index (κ1) is 15.9. The van der Waals surface area contributed by atoms with Crippen LogP contribution in [0.2, 0.25) is 5.02 Å². The summed E-state index contributed by atoms with van der Waals surface area (Å²) < 4.78 is 5.05. The molecule has 0 aliphatic carbocycles. The van der Waals surface area contributed by atoms with Gasteiger partial charge in [0, 0.05) is 16.9 Å². The van der Waals surface area contributed by atoms with Crippen molar-refractivity contribution < 1.29 is 14.3 Å². The van der Waals surface area contributed by atoms with Crippen LogP contribution in [-0.4, -0.2) is 27.9 Å². The average molecular weight is 320 g/mol. The molecule has 0 bridgehead atoms. The van der Waals surface area contributed by atoms with Gasteiger partial charge in [0.05, 0.1) is 11.9 Å². The van der Waals surface area contributed by atoms with Crippen LogP contribution in [0, 0.1) is 6.92 Å². The van der Waals surface area contributed by atoms with Crippen molar-refractivity contribution in [3.63, 3.8) is 0 Å². The fourth-order valence-electron chi connectivity index (χ4n) is 1.58. The van der Waals surface area contributed by atoms with Crippen molar-refractivity contribution >= 4 is 29.2 Å². The Kier molecular flexibility index (Phi) is 5.06. The third-order valence-electron chi connectivity index (χ3n) is 2.74. The monoisotopic (exact) mass is 319 g/mol. The lowest BCUT2D eigenvalue weighted by molar-refractivity contribution is -0.123. The predicted octanol–water partition coefficient (Wildman–Crippen LogP) is 2.62. The summed E-state index contributed by atoms with van der Waals surface area (Å²) in [5.74, 6) is -1.17. The van der Waals surface area contributed by atoms with Crippen LogP contribution < -0.4 is 5.32 Å². The number of hydrogen-bond donors (Lipinski definition) is 1. The van der Waals surface area contributed by atoms with E-state index in [4.69, 9.17) is 16.3 Å². The van der Waals surface area contributed by atoms with E-state index in [1.54, 1.807) is 31.2 Å². The zero-order chi connectivity index (χ0) is 16.1. The standard InChI is InChI=1S/C15H14ClN3O3/c1-9-7-18-13(8-17-9)15(21)22-10(2)14(20)19-12-5-3-4-11(16)6-12/h3-8,10H,1-2H3,(H,19,20)/t10-/m0/s1. The van der Waals surface area contributed by atoms with Gasteiger partial charge in [-0.1, -0.05) is 17.7 Å². The molecule has 0 radical (unpaired) electrons. The summed E-state index contributed by atoms with van der Waals surface area (Å²) >= 11 is 5.83. The van der Waals surface area contributed by atoms with Crippen LogP contribution in [0.4, 0.5) is 5.69 Å². The van der Waals surface area contributed by atoms with E-state index in [0.29, 0.717) is 16.4 Å². The second-order valence-corrected chi connectivity index (χ2v) is 5.03. The molecule has 0 aliphatic heterocycles. The van der Waals surface area contributed by atoms with Crippen LogP contribution >= 0.6 is 11.6 Å². The van der Waals surface area contributed by atoms with E-state index < -0.39 is 18.0 Å². The summed E-state index contributed by atoms with van der Waals surface area (Å²) in [5, 5.41) is 3.11. The fourth-order valence-corrected chi connectivity index (χ4v) is 1.77. The molecule has 2 rings (SSSR count). The normalized spacial score (nSPS) is 11.6. The summed E-state index contributed by atoms with van der Waals surface area (Å²) in [7, 11) is 0. The van der Waals surface area contributed by atoms with Crippen molar-refractivity contribution in [2.24, 2.45) is 0 Å². The molecule has 0 aliphatic rings. The second kappa shape index (κ2) is 7.00. The molecular formula is C15H14ClN3O3. The molecule has 1 aromatic carbocycles.